The number of likely N-dealkylation sites (N-methyl/N-ethyl adjacent to an activating group) is 1. The van der Waals surface area contributed by atoms with Gasteiger partial charge in [-0.15, -0.1) is 11.3 Å². The Morgan fingerprint density at radius 2 is 1.66 bits per heavy atom. The molecular weight excluding hydrogens is 867 g/mol. The topological polar surface area (TPSA) is 227 Å². The molecule has 1 unspecified atom stereocenters. The minimum absolute atomic E-state index is 0.0222. The van der Waals surface area contributed by atoms with E-state index in [9.17, 15) is 30.2 Å². The molecule has 3 fully saturated rings. The van der Waals surface area contributed by atoms with Gasteiger partial charge >= 0.3 is 5.97 Å². The lowest BCUT2D eigenvalue weighted by atomic mass is 9.79. The molecule has 364 valence electrons. The first kappa shape index (κ1) is 52.8. The van der Waals surface area contributed by atoms with Crippen molar-refractivity contribution >= 4 is 28.8 Å². The van der Waals surface area contributed by atoms with Crippen molar-refractivity contribution in [3.05, 3.63) is 45.7 Å². The summed E-state index contributed by atoms with van der Waals surface area (Å²) in [6.45, 7) is 9.26. The molecule has 0 amide bonds. The van der Waals surface area contributed by atoms with E-state index < -0.39 is 97.3 Å². The molecule has 3 saturated heterocycles. The molecule has 4 aliphatic heterocycles. The van der Waals surface area contributed by atoms with Crippen molar-refractivity contribution in [3.63, 3.8) is 0 Å². The first-order chi connectivity index (χ1) is 31.0. The summed E-state index contributed by atoms with van der Waals surface area (Å²) in [4.78, 5) is 36.7. The van der Waals surface area contributed by atoms with Gasteiger partial charge < -0.3 is 67.7 Å². The fourth-order valence-electron chi connectivity index (χ4n) is 8.81. The number of methoxy groups -OCH3 is 2. The number of hydrogen-bond donors (Lipinski definition) is 3. The first-order valence-corrected chi connectivity index (χ1v) is 23.1. The number of nitriles is 1. The van der Waals surface area contributed by atoms with Crippen LogP contribution in [0.3, 0.4) is 0 Å². The van der Waals surface area contributed by atoms with E-state index in [0.29, 0.717) is 23.4 Å². The molecular formula is C46H69N3O15S. The van der Waals surface area contributed by atoms with Crippen LogP contribution in [0.15, 0.2) is 41.1 Å². The second-order valence-electron chi connectivity index (χ2n) is 17.7. The Labute approximate surface area is 386 Å². The van der Waals surface area contributed by atoms with Crippen molar-refractivity contribution < 1.29 is 72.4 Å². The zero-order chi connectivity index (χ0) is 47.4. The van der Waals surface area contributed by atoms with Crippen molar-refractivity contribution in [1.82, 2.24) is 4.90 Å². The summed E-state index contributed by atoms with van der Waals surface area (Å²) in [5, 5.41) is 46.9. The highest BCUT2D eigenvalue weighted by atomic mass is 32.1. The number of fused-ring (bicyclic) bond motifs is 3. The fourth-order valence-corrected chi connectivity index (χ4v) is 9.52. The summed E-state index contributed by atoms with van der Waals surface area (Å²) in [5.74, 6) is -2.62. The zero-order valence-corrected chi connectivity index (χ0v) is 39.8. The normalized spacial score (nSPS) is 39.2. The molecule has 0 radical (unpaired) electrons. The Kier molecular flexibility index (Phi) is 20.5. The van der Waals surface area contributed by atoms with Gasteiger partial charge in [0.2, 0.25) is 0 Å². The molecule has 5 heterocycles. The number of oxime groups is 1. The average Bonchev–Trinajstić information content (AvgIpc) is 3.74. The quantitative estimate of drug-likeness (QED) is 0.214. The van der Waals surface area contributed by atoms with E-state index in [4.69, 9.17) is 47.5 Å². The minimum Gasteiger partial charge on any atom is -0.465 e. The van der Waals surface area contributed by atoms with Crippen LogP contribution in [0.2, 0.25) is 0 Å². The molecule has 5 rings (SSSR count). The number of aliphatic hydroxyl groups is 3. The van der Waals surface area contributed by atoms with Gasteiger partial charge in [0.1, 0.15) is 41.1 Å². The van der Waals surface area contributed by atoms with Crippen LogP contribution in [0, 0.1) is 35.0 Å². The van der Waals surface area contributed by atoms with Gasteiger partial charge in [-0.05, 0) is 71.8 Å². The molecule has 1 aromatic rings. The van der Waals surface area contributed by atoms with E-state index in [0.717, 1.165) is 10.5 Å². The van der Waals surface area contributed by atoms with Crippen LogP contribution in [0.1, 0.15) is 63.6 Å². The molecule has 18 nitrogen and oxygen atoms in total. The number of hydrogen-bond acceptors (Lipinski definition) is 19. The Bertz CT molecular complexity index is 1820. The fraction of sp³-hybridized carbons (Fsp3) is 0.739. The Balaban J connectivity index is 1.46. The van der Waals surface area contributed by atoms with Gasteiger partial charge in [-0.2, -0.15) is 5.26 Å². The highest BCUT2D eigenvalue weighted by molar-refractivity contribution is 7.12. The summed E-state index contributed by atoms with van der Waals surface area (Å²) < 4.78 is 55.1. The maximum atomic E-state index is 14.0. The summed E-state index contributed by atoms with van der Waals surface area (Å²) >= 11 is 1.30. The van der Waals surface area contributed by atoms with Gasteiger partial charge in [0.05, 0.1) is 69.4 Å². The molecule has 1 aromatic heterocycles. The lowest BCUT2D eigenvalue weighted by Gasteiger charge is -2.47. The smallest absolute Gasteiger partial charge is 0.308 e. The number of nitrogens with zero attached hydrogens (tertiary/aromatic N) is 3. The van der Waals surface area contributed by atoms with E-state index in [-0.39, 0.29) is 57.8 Å². The van der Waals surface area contributed by atoms with Gasteiger partial charge in [0, 0.05) is 43.5 Å². The molecule has 2 bridgehead atoms. The van der Waals surface area contributed by atoms with E-state index in [2.05, 4.69) is 11.2 Å². The minimum atomic E-state index is -1.26. The predicted octanol–water partition coefficient (Wildman–Crippen LogP) is 3.15. The molecule has 0 spiro atoms. The molecule has 4 aliphatic rings. The van der Waals surface area contributed by atoms with Gasteiger partial charge in [-0.25, -0.2) is 0 Å². The molecule has 65 heavy (non-hydrogen) atoms. The molecule has 16 atom stereocenters. The van der Waals surface area contributed by atoms with Crippen LogP contribution in [-0.4, -0.2) is 173 Å². The third-order valence-electron chi connectivity index (χ3n) is 12.6. The molecule has 0 saturated carbocycles. The third-order valence-corrected chi connectivity index (χ3v) is 13.5. The van der Waals surface area contributed by atoms with E-state index in [1.807, 2.05) is 26.8 Å². The van der Waals surface area contributed by atoms with Crippen LogP contribution < -0.4 is 0 Å². The van der Waals surface area contributed by atoms with Crippen LogP contribution in [0.5, 0.6) is 0 Å². The van der Waals surface area contributed by atoms with E-state index in [1.54, 1.807) is 51.1 Å². The number of thiophene rings is 1. The zero-order valence-electron chi connectivity index (χ0n) is 39.0. The Hall–Kier alpha value is -3.20. The molecule has 0 aromatic carbocycles. The SMILES string of the molecule is CO[C@@H]1[C@H](O)[C@@H](C)O[C@@H](OC[C@H]2/C=C(C)/C=C/C(=O)[C@H](C)CC3CCOC/C(=N\OCc4ccc(C#N)s4)CO[C@H](CC(=O)OC2)[C@H](C)[C@H]3O[C@@H]2O[C@H](C)[C@@H](O)[C@H](N(C)C)[C@H]2O)[C@@H]1OC. The van der Waals surface area contributed by atoms with E-state index in [1.165, 1.54) is 31.6 Å². The number of ketones is 1. The van der Waals surface area contributed by atoms with Crippen LogP contribution in [0.4, 0.5) is 0 Å². The second-order valence-corrected chi connectivity index (χ2v) is 18.9. The summed E-state index contributed by atoms with van der Waals surface area (Å²) in [6, 6.07) is 4.91. The average molecular weight is 936 g/mol. The van der Waals surface area contributed by atoms with Gasteiger partial charge in [-0.3, -0.25) is 9.59 Å². The van der Waals surface area contributed by atoms with Crippen molar-refractivity contribution in [2.75, 3.05) is 61.3 Å². The van der Waals surface area contributed by atoms with Crippen molar-refractivity contribution in [1.29, 1.82) is 5.26 Å². The number of allylic oxidation sites excluding steroid dienone is 3. The number of esters is 1. The number of aliphatic hydroxyl groups excluding tert-OH is 3. The molecule has 3 N–H and O–H groups in total. The Morgan fingerprint density at radius 1 is 0.938 bits per heavy atom. The highest BCUT2D eigenvalue weighted by Crippen LogP contribution is 2.36. The summed E-state index contributed by atoms with van der Waals surface area (Å²) in [7, 11) is 6.47. The number of carbonyl (C=O) groups excluding carboxylic acids is 2. The predicted molar refractivity (Wildman–Crippen MR) is 236 cm³/mol. The van der Waals surface area contributed by atoms with Crippen molar-refractivity contribution in [2.45, 2.75) is 134 Å². The highest BCUT2D eigenvalue weighted by Gasteiger charge is 2.48. The third kappa shape index (κ3) is 14.4. The summed E-state index contributed by atoms with van der Waals surface area (Å²) in [6.07, 6.45) is -4.02. The number of cyclic esters (lactones) is 1. The summed E-state index contributed by atoms with van der Waals surface area (Å²) in [5.41, 5.74) is 1.15. The van der Waals surface area contributed by atoms with Crippen molar-refractivity contribution in [2.24, 2.45) is 28.8 Å². The second kappa shape index (κ2) is 25.2. The standard InChI is InChI=1S/C46H69N3O15S/c1-25-10-13-35(50)26(2)17-31-14-15-57-22-32(48-61-24-34-12-11-33(19-47)65-34)23-58-36(27(3)42(31)64-45-41(54)38(49(6)7)39(52)28(4)62-45)18-37(51)59-20-30(16-25)21-60-46-44(56-9)43(55-8)40(53)29(5)63-46/h10-13,16,26-31,36,38-46,52-54H,14-15,17-18,20-24H2,1-9H3/b13-10+,25-16+,48-32+/t26-,27+,28-,29-,30+,31?,36-,38+,39-,40-,41-,42-,43-,44-,45+,46-/m1/s1. The number of ether oxygens (including phenoxy) is 9. The molecule has 0 aliphatic carbocycles. The van der Waals surface area contributed by atoms with Crippen LogP contribution >= 0.6 is 11.3 Å². The van der Waals surface area contributed by atoms with Crippen LogP contribution in [0.25, 0.3) is 0 Å². The lowest BCUT2D eigenvalue weighted by molar-refractivity contribution is -0.305. The first-order valence-electron chi connectivity index (χ1n) is 22.3. The Morgan fingerprint density at radius 3 is 2.35 bits per heavy atom. The van der Waals surface area contributed by atoms with Crippen LogP contribution in [-0.2, 0) is 63.7 Å². The number of rotatable bonds is 11. The van der Waals surface area contributed by atoms with Gasteiger partial charge in [0.25, 0.3) is 0 Å². The largest absolute Gasteiger partial charge is 0.465 e. The molecule has 19 heteroatoms. The lowest BCUT2D eigenvalue weighted by Crippen LogP contribution is -2.63. The van der Waals surface area contributed by atoms with Gasteiger partial charge in [-0.1, -0.05) is 36.7 Å². The maximum absolute atomic E-state index is 14.0. The van der Waals surface area contributed by atoms with Gasteiger partial charge in [0.15, 0.2) is 25.0 Å². The van der Waals surface area contributed by atoms with Crippen molar-refractivity contribution in [3.8, 4) is 6.07 Å². The maximum Gasteiger partial charge on any atom is 0.308 e. The number of carbonyl (C=O) groups is 2. The monoisotopic (exact) mass is 935 g/mol. The van der Waals surface area contributed by atoms with E-state index >= 15 is 0 Å².